The van der Waals surface area contributed by atoms with Gasteiger partial charge in [0.25, 0.3) is 7.37 Å². The normalized spacial score (nSPS) is 16.1. The van der Waals surface area contributed by atoms with Gasteiger partial charge >= 0.3 is 0 Å². The average Bonchev–Trinajstić information content (AvgIpc) is 2.52. The van der Waals surface area contributed by atoms with Gasteiger partial charge in [0.05, 0.1) is 6.61 Å². The molecule has 0 saturated heterocycles. The first-order valence-electron chi connectivity index (χ1n) is 8.48. The van der Waals surface area contributed by atoms with Gasteiger partial charge in [0, 0.05) is 13.2 Å². The fourth-order valence-corrected chi connectivity index (χ4v) is 6.81. The summed E-state index contributed by atoms with van der Waals surface area (Å²) in [7, 11) is -5.42. The number of hydrogen-bond acceptors (Lipinski definition) is 5. The van der Waals surface area contributed by atoms with Gasteiger partial charge in [-0.15, -0.1) is 0 Å². The van der Waals surface area contributed by atoms with Gasteiger partial charge in [0.2, 0.25) is 6.03 Å². The van der Waals surface area contributed by atoms with E-state index in [1.807, 2.05) is 51.1 Å². The highest BCUT2D eigenvalue weighted by atomic mass is 31.2. The molecule has 1 aromatic carbocycles. The van der Waals surface area contributed by atoms with Crippen LogP contribution in [0.25, 0.3) is 0 Å². The molecule has 0 amide bonds. The van der Waals surface area contributed by atoms with Crippen molar-refractivity contribution in [1.29, 1.82) is 0 Å². The van der Waals surface area contributed by atoms with Crippen molar-refractivity contribution in [1.82, 2.24) is 0 Å². The zero-order valence-electron chi connectivity index (χ0n) is 15.7. The lowest BCUT2D eigenvalue weighted by Gasteiger charge is -2.36. The quantitative estimate of drug-likeness (QED) is 0.302. The van der Waals surface area contributed by atoms with Crippen molar-refractivity contribution in [2.45, 2.75) is 52.3 Å². The van der Waals surface area contributed by atoms with Crippen LogP contribution in [0.2, 0.25) is 19.6 Å². The summed E-state index contributed by atoms with van der Waals surface area (Å²) in [6.07, 6.45) is 0. The van der Waals surface area contributed by atoms with Gasteiger partial charge in [-0.2, -0.15) is 0 Å². The van der Waals surface area contributed by atoms with Crippen LogP contribution in [0, 0.1) is 0 Å². The lowest BCUT2D eigenvalue weighted by atomic mass is 10.2. The van der Waals surface area contributed by atoms with E-state index in [0.29, 0.717) is 19.8 Å². The van der Waals surface area contributed by atoms with E-state index in [1.54, 1.807) is 0 Å². The number of hydrogen-bond donors (Lipinski definition) is 0. The van der Waals surface area contributed by atoms with E-state index in [1.165, 1.54) is 0 Å². The Labute approximate surface area is 147 Å². The molecule has 2 atom stereocenters. The van der Waals surface area contributed by atoms with Gasteiger partial charge in [0.1, 0.15) is 0 Å². The molecule has 0 spiro atoms. The topological polar surface area (TPSA) is 54.0 Å². The van der Waals surface area contributed by atoms with Gasteiger partial charge in [-0.3, -0.25) is 4.57 Å². The molecule has 5 nitrogen and oxygen atoms in total. The summed E-state index contributed by atoms with van der Waals surface area (Å²) in [5, 5.41) is 0. The van der Waals surface area contributed by atoms with E-state index in [4.69, 9.17) is 18.4 Å². The molecule has 7 heteroatoms. The summed E-state index contributed by atoms with van der Waals surface area (Å²) in [5.74, 6) is -0.701. The van der Waals surface area contributed by atoms with Crippen molar-refractivity contribution in [2.24, 2.45) is 0 Å². The van der Waals surface area contributed by atoms with E-state index in [0.717, 1.165) is 5.56 Å². The van der Waals surface area contributed by atoms with Crippen molar-refractivity contribution in [3.05, 3.63) is 35.9 Å². The first-order chi connectivity index (χ1) is 11.3. The van der Waals surface area contributed by atoms with E-state index in [9.17, 15) is 4.57 Å². The molecule has 2 unspecified atom stereocenters. The van der Waals surface area contributed by atoms with Crippen LogP contribution < -0.4 is 0 Å². The summed E-state index contributed by atoms with van der Waals surface area (Å²) in [6, 6.07) is 8.61. The number of benzene rings is 1. The highest BCUT2D eigenvalue weighted by molar-refractivity contribution is 7.59. The zero-order chi connectivity index (χ0) is 18.2. The Morgan fingerprint density at radius 2 is 1.50 bits per heavy atom. The molecule has 1 aromatic rings. The number of rotatable bonds is 11. The molecule has 0 heterocycles. The minimum atomic E-state index is -3.42. The van der Waals surface area contributed by atoms with Crippen molar-refractivity contribution in [3.63, 3.8) is 0 Å². The van der Waals surface area contributed by atoms with Crippen LogP contribution in [0.5, 0.6) is 0 Å². The predicted octanol–water partition coefficient (Wildman–Crippen LogP) is 5.21. The Kier molecular flexibility index (Phi) is 8.85. The van der Waals surface area contributed by atoms with Gasteiger partial charge in [0.15, 0.2) is 14.2 Å². The second-order valence-corrected chi connectivity index (χ2v) is 13.2. The van der Waals surface area contributed by atoms with Gasteiger partial charge in [-0.25, -0.2) is 0 Å². The van der Waals surface area contributed by atoms with E-state index in [2.05, 4.69) is 19.6 Å². The SMILES string of the molecule is CCOC(OCC)P(=O)(OCC)C(O[Si](C)(C)C)c1ccccc1. The van der Waals surface area contributed by atoms with Gasteiger partial charge in [-0.1, -0.05) is 30.3 Å². The van der Waals surface area contributed by atoms with Crippen molar-refractivity contribution in [2.75, 3.05) is 19.8 Å². The fourth-order valence-electron chi connectivity index (χ4n) is 2.28. The van der Waals surface area contributed by atoms with E-state index in [-0.39, 0.29) is 0 Å². The molecular formula is C17H31O5PSi. The van der Waals surface area contributed by atoms with Crippen LogP contribution in [0.1, 0.15) is 32.2 Å². The fraction of sp³-hybridized carbons (Fsp3) is 0.647. The third kappa shape index (κ3) is 6.10. The Morgan fingerprint density at radius 1 is 0.958 bits per heavy atom. The molecule has 0 N–H and O–H groups in total. The minimum Gasteiger partial charge on any atom is -0.402 e. The summed E-state index contributed by atoms with van der Waals surface area (Å²) < 4.78 is 37.2. The highest BCUT2D eigenvalue weighted by Gasteiger charge is 2.47. The second-order valence-electron chi connectivity index (χ2n) is 6.27. The largest absolute Gasteiger partial charge is 0.402 e. The van der Waals surface area contributed by atoms with E-state index >= 15 is 0 Å². The van der Waals surface area contributed by atoms with E-state index < -0.39 is 27.6 Å². The maximum atomic E-state index is 13.9. The average molecular weight is 374 g/mol. The Hall–Kier alpha value is -0.493. The molecule has 0 aliphatic rings. The summed E-state index contributed by atoms with van der Waals surface area (Å²) >= 11 is 0. The monoisotopic (exact) mass is 374 g/mol. The standard InChI is InChI=1S/C17H31O5PSi/c1-7-19-17(20-8-2)23(18,21-9-3)16(22-24(4,5)6)15-13-11-10-12-14-15/h10-14,16-17H,7-9H2,1-6H3. The smallest absolute Gasteiger partial charge is 0.288 e. The Bertz CT molecular complexity index is 511. The lowest BCUT2D eigenvalue weighted by molar-refractivity contribution is -0.0920. The molecular weight excluding hydrogens is 343 g/mol. The van der Waals surface area contributed by atoms with Gasteiger partial charge < -0.3 is 18.4 Å². The maximum Gasteiger partial charge on any atom is 0.288 e. The third-order valence-corrected chi connectivity index (χ3v) is 6.87. The van der Waals surface area contributed by atoms with Crippen molar-refractivity contribution < 1.29 is 23.0 Å². The first kappa shape index (κ1) is 21.5. The lowest BCUT2D eigenvalue weighted by Crippen LogP contribution is -2.32. The summed E-state index contributed by atoms with van der Waals surface area (Å²) in [4.78, 5) is 0. The second kappa shape index (κ2) is 9.85. The zero-order valence-corrected chi connectivity index (χ0v) is 17.5. The molecule has 24 heavy (non-hydrogen) atoms. The summed E-state index contributed by atoms with van der Waals surface area (Å²) in [6.45, 7) is 12.8. The highest BCUT2D eigenvalue weighted by Crippen LogP contribution is 2.65. The predicted molar refractivity (Wildman–Crippen MR) is 99.9 cm³/mol. The van der Waals surface area contributed by atoms with Crippen LogP contribution in [0.3, 0.4) is 0 Å². The minimum absolute atomic E-state index is 0.298. The van der Waals surface area contributed by atoms with Crippen LogP contribution in [0.4, 0.5) is 0 Å². The van der Waals surface area contributed by atoms with Crippen LogP contribution in [0.15, 0.2) is 30.3 Å². The molecule has 138 valence electrons. The van der Waals surface area contributed by atoms with Crippen LogP contribution in [-0.4, -0.2) is 34.2 Å². The molecule has 0 fully saturated rings. The van der Waals surface area contributed by atoms with Gasteiger partial charge in [-0.05, 0) is 46.0 Å². The van der Waals surface area contributed by atoms with Crippen molar-refractivity contribution in [3.8, 4) is 0 Å². The molecule has 1 rings (SSSR count). The number of ether oxygens (including phenoxy) is 2. The first-order valence-corrected chi connectivity index (χ1v) is 13.7. The summed E-state index contributed by atoms with van der Waals surface area (Å²) in [5.41, 5.74) is 0.820. The maximum absolute atomic E-state index is 13.9. The Morgan fingerprint density at radius 3 is 1.92 bits per heavy atom. The molecule has 0 aliphatic heterocycles. The molecule has 0 radical (unpaired) electrons. The van der Waals surface area contributed by atoms with Crippen LogP contribution >= 0.6 is 7.37 Å². The third-order valence-electron chi connectivity index (χ3n) is 3.12. The molecule has 0 saturated carbocycles. The van der Waals surface area contributed by atoms with Crippen LogP contribution in [-0.2, 0) is 23.0 Å². The molecule has 0 aromatic heterocycles. The molecule has 0 aliphatic carbocycles. The molecule has 0 bridgehead atoms. The van der Waals surface area contributed by atoms with Crippen molar-refractivity contribution >= 4 is 15.7 Å². The Balaban J connectivity index is 3.36.